The molecule has 0 unspecified atom stereocenters. The molecular weight excluding hydrogens is 334 g/mol. The average Bonchev–Trinajstić information content (AvgIpc) is 2.75. The summed E-state index contributed by atoms with van der Waals surface area (Å²) in [6.07, 6.45) is 0.817. The Kier molecular flexibility index (Phi) is 5.31. The van der Waals surface area contributed by atoms with Crippen molar-refractivity contribution in [1.29, 1.82) is 0 Å². The number of hydrogen-bond acceptors (Lipinski definition) is 3. The predicted molar refractivity (Wildman–Crippen MR) is 108 cm³/mol. The smallest absolute Gasteiger partial charge is 0.338 e. The van der Waals surface area contributed by atoms with E-state index in [2.05, 4.69) is 29.6 Å². The second kappa shape index (κ2) is 8.19. The van der Waals surface area contributed by atoms with Gasteiger partial charge in [0.1, 0.15) is 6.10 Å². The Bertz CT molecular complexity index is 875. The Hall–Kier alpha value is -2.91. The third kappa shape index (κ3) is 4.09. The van der Waals surface area contributed by atoms with Crippen LogP contribution in [-0.4, -0.2) is 25.2 Å². The molecule has 0 spiro atoms. The third-order valence-electron chi connectivity index (χ3n) is 5.14. The van der Waals surface area contributed by atoms with Crippen molar-refractivity contribution in [2.45, 2.75) is 18.4 Å². The fourth-order valence-electron chi connectivity index (χ4n) is 3.67. The molecule has 0 saturated carbocycles. The maximum Gasteiger partial charge on any atom is 0.338 e. The van der Waals surface area contributed by atoms with Gasteiger partial charge in [0.2, 0.25) is 0 Å². The third-order valence-corrected chi connectivity index (χ3v) is 5.14. The fraction of sp³-hybridized carbons (Fsp3) is 0.208. The van der Waals surface area contributed by atoms with E-state index in [1.165, 1.54) is 5.56 Å². The number of nitrogens with one attached hydrogen (secondary N) is 1. The van der Waals surface area contributed by atoms with E-state index in [0.29, 0.717) is 12.1 Å². The van der Waals surface area contributed by atoms with E-state index in [4.69, 9.17) is 4.74 Å². The summed E-state index contributed by atoms with van der Waals surface area (Å²) in [4.78, 5) is 12.7. The topological polar surface area (TPSA) is 38.3 Å². The number of hydrogen-bond donors (Lipinski definition) is 1. The highest BCUT2D eigenvalue weighted by molar-refractivity contribution is 5.90. The second-order valence-electron chi connectivity index (χ2n) is 6.90. The van der Waals surface area contributed by atoms with Crippen molar-refractivity contribution >= 4 is 5.97 Å². The summed E-state index contributed by atoms with van der Waals surface area (Å²) in [6.45, 7) is 1.63. The highest BCUT2D eigenvalue weighted by atomic mass is 16.5. The van der Waals surface area contributed by atoms with Gasteiger partial charge in [-0.3, -0.25) is 0 Å². The van der Waals surface area contributed by atoms with Crippen molar-refractivity contribution in [3.8, 4) is 11.1 Å². The number of piperidine rings is 1. The summed E-state index contributed by atoms with van der Waals surface area (Å²) in [5.74, 6) is -0.0239. The van der Waals surface area contributed by atoms with Crippen molar-refractivity contribution < 1.29 is 9.53 Å². The van der Waals surface area contributed by atoms with Gasteiger partial charge in [-0.1, -0.05) is 72.8 Å². The zero-order valence-corrected chi connectivity index (χ0v) is 15.2. The summed E-state index contributed by atoms with van der Waals surface area (Å²) in [6, 6.07) is 28.1. The standard InChI is InChI=1S/C24H23NO2/c26-24(21-13-11-19(12-14-21)18-7-3-1-4-8-18)27-23-17-25-16-15-22(23)20-9-5-2-6-10-20/h1-14,22-23,25H,15-17H2/t22-,23+/m0/s1. The molecule has 2 atom stereocenters. The number of rotatable bonds is 4. The van der Waals surface area contributed by atoms with E-state index in [0.717, 1.165) is 24.1 Å². The molecule has 3 heteroatoms. The van der Waals surface area contributed by atoms with Gasteiger partial charge in [-0.2, -0.15) is 0 Å². The van der Waals surface area contributed by atoms with Crippen LogP contribution in [0.5, 0.6) is 0 Å². The summed E-state index contributed by atoms with van der Waals surface area (Å²) in [5, 5.41) is 3.34. The van der Waals surface area contributed by atoms with Crippen molar-refractivity contribution in [3.63, 3.8) is 0 Å². The summed E-state index contributed by atoms with van der Waals surface area (Å²) in [7, 11) is 0. The zero-order valence-electron chi connectivity index (χ0n) is 15.2. The lowest BCUT2D eigenvalue weighted by Crippen LogP contribution is -2.42. The molecule has 3 nitrogen and oxygen atoms in total. The van der Waals surface area contributed by atoms with E-state index in [1.807, 2.05) is 60.7 Å². The van der Waals surface area contributed by atoms with Crippen LogP contribution in [0.4, 0.5) is 0 Å². The normalized spacial score (nSPS) is 19.4. The highest BCUT2D eigenvalue weighted by Gasteiger charge is 2.29. The largest absolute Gasteiger partial charge is 0.457 e. The monoisotopic (exact) mass is 357 g/mol. The van der Waals surface area contributed by atoms with Crippen molar-refractivity contribution in [2.75, 3.05) is 13.1 Å². The Morgan fingerprint density at radius 1 is 0.815 bits per heavy atom. The van der Waals surface area contributed by atoms with Gasteiger partial charge >= 0.3 is 5.97 Å². The van der Waals surface area contributed by atoms with Crippen LogP contribution in [0.25, 0.3) is 11.1 Å². The molecule has 3 aromatic carbocycles. The lowest BCUT2D eigenvalue weighted by Gasteiger charge is -2.32. The molecule has 1 aliphatic rings. The molecular formula is C24H23NO2. The molecule has 27 heavy (non-hydrogen) atoms. The van der Waals surface area contributed by atoms with E-state index >= 15 is 0 Å². The quantitative estimate of drug-likeness (QED) is 0.691. The molecule has 136 valence electrons. The van der Waals surface area contributed by atoms with Crippen LogP contribution in [0.2, 0.25) is 0 Å². The van der Waals surface area contributed by atoms with Crippen LogP contribution >= 0.6 is 0 Å². The Morgan fingerprint density at radius 2 is 1.44 bits per heavy atom. The fourth-order valence-corrected chi connectivity index (χ4v) is 3.67. The number of carbonyl (C=O) groups is 1. The van der Waals surface area contributed by atoms with Crippen molar-refractivity contribution in [2.24, 2.45) is 0 Å². The second-order valence-corrected chi connectivity index (χ2v) is 6.90. The molecule has 1 aliphatic heterocycles. The lowest BCUT2D eigenvalue weighted by atomic mass is 9.88. The molecule has 0 radical (unpaired) electrons. The van der Waals surface area contributed by atoms with Gasteiger partial charge in [-0.25, -0.2) is 4.79 Å². The molecule has 3 aromatic rings. The van der Waals surface area contributed by atoms with Gasteiger partial charge in [-0.15, -0.1) is 0 Å². The molecule has 1 heterocycles. The first-order valence-electron chi connectivity index (χ1n) is 9.43. The van der Waals surface area contributed by atoms with Gasteiger partial charge in [0.25, 0.3) is 0 Å². The molecule has 0 amide bonds. The minimum atomic E-state index is -0.260. The first-order chi connectivity index (χ1) is 13.3. The number of ether oxygens (including phenoxy) is 1. The molecule has 0 aliphatic carbocycles. The first kappa shape index (κ1) is 17.5. The lowest BCUT2D eigenvalue weighted by molar-refractivity contribution is 0.0182. The van der Waals surface area contributed by atoms with Crippen molar-refractivity contribution in [3.05, 3.63) is 96.1 Å². The van der Waals surface area contributed by atoms with Crippen LogP contribution in [0.3, 0.4) is 0 Å². The van der Waals surface area contributed by atoms with Gasteiger partial charge < -0.3 is 10.1 Å². The first-order valence-corrected chi connectivity index (χ1v) is 9.43. The number of carbonyl (C=O) groups excluding carboxylic acids is 1. The zero-order chi connectivity index (χ0) is 18.5. The minimum absolute atomic E-state index is 0.151. The molecule has 1 saturated heterocycles. The molecule has 1 fully saturated rings. The summed E-state index contributed by atoms with van der Waals surface area (Å²) < 4.78 is 5.89. The van der Waals surface area contributed by atoms with Crippen molar-refractivity contribution in [1.82, 2.24) is 5.32 Å². The Labute approximate surface area is 160 Å². The maximum atomic E-state index is 12.7. The van der Waals surface area contributed by atoms with Gasteiger partial charge in [0.05, 0.1) is 5.56 Å². The highest BCUT2D eigenvalue weighted by Crippen LogP contribution is 2.28. The maximum absolute atomic E-state index is 12.7. The predicted octanol–water partition coefficient (Wildman–Crippen LogP) is 4.66. The van der Waals surface area contributed by atoms with Crippen LogP contribution < -0.4 is 5.32 Å². The van der Waals surface area contributed by atoms with Crippen LogP contribution in [-0.2, 0) is 4.74 Å². The molecule has 0 bridgehead atoms. The van der Waals surface area contributed by atoms with Gasteiger partial charge in [-0.05, 0) is 41.8 Å². The van der Waals surface area contributed by atoms with Crippen LogP contribution in [0, 0.1) is 0 Å². The molecule has 0 aromatic heterocycles. The molecule has 1 N–H and O–H groups in total. The van der Waals surface area contributed by atoms with Crippen LogP contribution in [0.1, 0.15) is 28.3 Å². The van der Waals surface area contributed by atoms with E-state index in [1.54, 1.807) is 0 Å². The summed E-state index contributed by atoms with van der Waals surface area (Å²) in [5.41, 5.74) is 4.05. The average molecular weight is 357 g/mol. The number of benzene rings is 3. The van der Waals surface area contributed by atoms with Gasteiger partial charge in [0.15, 0.2) is 0 Å². The number of esters is 1. The van der Waals surface area contributed by atoms with E-state index < -0.39 is 0 Å². The Balaban J connectivity index is 1.47. The summed E-state index contributed by atoms with van der Waals surface area (Å²) >= 11 is 0. The Morgan fingerprint density at radius 3 is 2.15 bits per heavy atom. The van der Waals surface area contributed by atoms with Crippen LogP contribution in [0.15, 0.2) is 84.9 Å². The SMILES string of the molecule is O=C(O[C@@H]1CNCC[C@H]1c1ccccc1)c1ccc(-c2ccccc2)cc1. The minimum Gasteiger partial charge on any atom is -0.457 e. The van der Waals surface area contributed by atoms with E-state index in [-0.39, 0.29) is 18.0 Å². The van der Waals surface area contributed by atoms with Gasteiger partial charge in [0, 0.05) is 12.5 Å². The van der Waals surface area contributed by atoms with E-state index in [9.17, 15) is 4.79 Å². The molecule has 4 rings (SSSR count).